The molecule has 184 valence electrons. The molecule has 0 unspecified atom stereocenters. The Balaban J connectivity index is 1.40. The average molecular weight is 474 g/mol. The SMILES string of the molecule is Cc1ccccc1NC(=O)N1CCN(c2nc(C3CCCCC3)c3c(c2C#N)CCOC3)C[C@H]1C. The first-order chi connectivity index (χ1) is 17.1. The minimum absolute atomic E-state index is 0.00129. The topological polar surface area (TPSA) is 81.5 Å². The number of para-hydroxylation sites is 1. The monoisotopic (exact) mass is 473 g/mol. The number of nitrogens with one attached hydrogen (secondary N) is 1. The first-order valence-electron chi connectivity index (χ1n) is 13.0. The molecule has 35 heavy (non-hydrogen) atoms. The van der Waals surface area contributed by atoms with Gasteiger partial charge in [-0.2, -0.15) is 5.26 Å². The third kappa shape index (κ3) is 4.72. The van der Waals surface area contributed by atoms with Gasteiger partial charge in [-0.1, -0.05) is 37.5 Å². The average Bonchev–Trinajstić information content (AvgIpc) is 2.89. The molecule has 0 spiro atoms. The second-order valence-corrected chi connectivity index (χ2v) is 10.1. The Morgan fingerprint density at radius 3 is 2.71 bits per heavy atom. The summed E-state index contributed by atoms with van der Waals surface area (Å²) >= 11 is 0. The van der Waals surface area contributed by atoms with Crippen molar-refractivity contribution in [1.29, 1.82) is 5.26 Å². The number of aryl methyl sites for hydroxylation is 1. The molecule has 0 bridgehead atoms. The fraction of sp³-hybridized carbons (Fsp3) is 0.536. The van der Waals surface area contributed by atoms with Crippen molar-refractivity contribution in [2.45, 2.75) is 70.9 Å². The number of urea groups is 1. The summed E-state index contributed by atoms with van der Waals surface area (Å²) in [6.45, 7) is 7.19. The number of ether oxygens (including phenoxy) is 1. The zero-order valence-electron chi connectivity index (χ0n) is 20.8. The summed E-state index contributed by atoms with van der Waals surface area (Å²) in [5.74, 6) is 1.25. The predicted octanol–water partition coefficient (Wildman–Crippen LogP) is 5.12. The van der Waals surface area contributed by atoms with Gasteiger partial charge in [0.25, 0.3) is 0 Å². The fourth-order valence-electron chi connectivity index (χ4n) is 5.88. The standard InChI is InChI=1S/C28H35N5O2/c1-19-8-6-7-11-25(19)30-28(34)33-14-13-32(17-20(33)2)27-23(16-29)22-12-15-35-18-24(22)26(31-27)21-9-4-3-5-10-21/h6-8,11,20-21H,3-5,9-10,12-15,17-18H2,1-2H3,(H,30,34)/t20-/m1/s1. The number of aromatic nitrogens is 1. The summed E-state index contributed by atoms with van der Waals surface area (Å²) in [4.78, 5) is 22.4. The number of fused-ring (bicyclic) bond motifs is 1. The van der Waals surface area contributed by atoms with E-state index in [1.165, 1.54) is 19.3 Å². The van der Waals surface area contributed by atoms with Crippen molar-refractivity contribution in [2.24, 2.45) is 0 Å². The van der Waals surface area contributed by atoms with Crippen molar-refractivity contribution in [3.05, 3.63) is 52.2 Å². The van der Waals surface area contributed by atoms with Crippen LogP contribution in [0.5, 0.6) is 0 Å². The van der Waals surface area contributed by atoms with E-state index in [-0.39, 0.29) is 12.1 Å². The van der Waals surface area contributed by atoms with Gasteiger partial charge in [0, 0.05) is 42.8 Å². The predicted molar refractivity (Wildman–Crippen MR) is 137 cm³/mol. The van der Waals surface area contributed by atoms with Crippen LogP contribution >= 0.6 is 0 Å². The van der Waals surface area contributed by atoms with E-state index in [1.807, 2.05) is 36.1 Å². The molecular weight excluding hydrogens is 438 g/mol. The number of pyridine rings is 1. The van der Waals surface area contributed by atoms with Gasteiger partial charge in [0.05, 0.1) is 24.5 Å². The van der Waals surface area contributed by atoms with Gasteiger partial charge in [-0.3, -0.25) is 0 Å². The van der Waals surface area contributed by atoms with E-state index in [2.05, 4.69) is 23.2 Å². The Kier molecular flexibility index (Phi) is 6.92. The maximum Gasteiger partial charge on any atom is 0.322 e. The molecule has 3 aliphatic rings. The molecule has 1 saturated heterocycles. The van der Waals surface area contributed by atoms with Crippen LogP contribution in [-0.4, -0.2) is 48.2 Å². The van der Waals surface area contributed by atoms with Gasteiger partial charge in [0.15, 0.2) is 0 Å². The van der Waals surface area contributed by atoms with Gasteiger partial charge in [0.2, 0.25) is 0 Å². The lowest BCUT2D eigenvalue weighted by Crippen LogP contribution is -2.55. The maximum atomic E-state index is 13.1. The van der Waals surface area contributed by atoms with E-state index in [4.69, 9.17) is 9.72 Å². The molecule has 1 aromatic carbocycles. The Hall–Kier alpha value is -3.11. The van der Waals surface area contributed by atoms with E-state index in [1.54, 1.807) is 0 Å². The van der Waals surface area contributed by atoms with Crippen molar-refractivity contribution in [1.82, 2.24) is 9.88 Å². The second kappa shape index (κ2) is 10.2. The quantitative estimate of drug-likeness (QED) is 0.669. The maximum absolute atomic E-state index is 13.1. The molecule has 2 amide bonds. The molecule has 7 nitrogen and oxygen atoms in total. The zero-order chi connectivity index (χ0) is 24.4. The van der Waals surface area contributed by atoms with Gasteiger partial charge >= 0.3 is 6.03 Å². The number of benzene rings is 1. The van der Waals surface area contributed by atoms with Crippen molar-refractivity contribution in [2.75, 3.05) is 36.5 Å². The number of carbonyl (C=O) groups is 1. The number of piperazine rings is 1. The molecule has 1 atom stereocenters. The Labute approximate surface area is 208 Å². The van der Waals surface area contributed by atoms with E-state index in [0.717, 1.165) is 53.2 Å². The summed E-state index contributed by atoms with van der Waals surface area (Å²) in [6, 6.07) is 10.2. The van der Waals surface area contributed by atoms with Crippen LogP contribution in [0, 0.1) is 18.3 Å². The highest BCUT2D eigenvalue weighted by Crippen LogP contribution is 2.39. The molecule has 2 fully saturated rings. The number of rotatable bonds is 3. The first kappa shape index (κ1) is 23.6. The number of nitriles is 1. The minimum atomic E-state index is -0.0783. The molecule has 3 heterocycles. The van der Waals surface area contributed by atoms with E-state index in [9.17, 15) is 10.1 Å². The van der Waals surface area contributed by atoms with E-state index < -0.39 is 0 Å². The molecule has 1 aromatic heterocycles. The Morgan fingerprint density at radius 2 is 1.97 bits per heavy atom. The van der Waals surface area contributed by atoms with Gasteiger partial charge in [-0.15, -0.1) is 0 Å². The molecular formula is C28H35N5O2. The Morgan fingerprint density at radius 1 is 1.17 bits per heavy atom. The van der Waals surface area contributed by atoms with Crippen LogP contribution in [0.15, 0.2) is 24.3 Å². The minimum Gasteiger partial charge on any atom is -0.376 e. The van der Waals surface area contributed by atoms with Crippen LogP contribution in [-0.2, 0) is 17.8 Å². The van der Waals surface area contributed by atoms with Crippen LogP contribution in [0.1, 0.15) is 72.9 Å². The van der Waals surface area contributed by atoms with Crippen LogP contribution in [0.2, 0.25) is 0 Å². The van der Waals surface area contributed by atoms with Crippen LogP contribution in [0.3, 0.4) is 0 Å². The summed E-state index contributed by atoms with van der Waals surface area (Å²) in [6.07, 6.45) is 6.86. The molecule has 7 heteroatoms. The zero-order valence-corrected chi connectivity index (χ0v) is 20.8. The fourth-order valence-corrected chi connectivity index (χ4v) is 5.88. The number of amides is 2. The Bertz CT molecular complexity index is 1130. The summed E-state index contributed by atoms with van der Waals surface area (Å²) in [5, 5.41) is 13.2. The van der Waals surface area contributed by atoms with Gasteiger partial charge in [-0.25, -0.2) is 9.78 Å². The highest BCUT2D eigenvalue weighted by atomic mass is 16.5. The molecule has 5 rings (SSSR count). The van der Waals surface area contributed by atoms with Crippen molar-refractivity contribution < 1.29 is 9.53 Å². The van der Waals surface area contributed by atoms with Gasteiger partial charge in [0.1, 0.15) is 11.9 Å². The third-order valence-electron chi connectivity index (χ3n) is 7.85. The molecule has 2 aliphatic heterocycles. The van der Waals surface area contributed by atoms with Crippen molar-refractivity contribution in [3.8, 4) is 6.07 Å². The van der Waals surface area contributed by atoms with Gasteiger partial charge < -0.3 is 19.9 Å². The van der Waals surface area contributed by atoms with E-state index >= 15 is 0 Å². The normalized spacial score (nSPS) is 20.8. The number of nitrogens with zero attached hydrogens (tertiary/aromatic N) is 4. The number of hydrogen-bond acceptors (Lipinski definition) is 5. The van der Waals surface area contributed by atoms with E-state index in [0.29, 0.717) is 44.3 Å². The van der Waals surface area contributed by atoms with Crippen LogP contribution in [0.25, 0.3) is 0 Å². The molecule has 1 aliphatic carbocycles. The third-order valence-corrected chi connectivity index (χ3v) is 7.85. The molecule has 1 saturated carbocycles. The number of anilines is 2. The lowest BCUT2D eigenvalue weighted by molar-refractivity contribution is 0.109. The molecule has 1 N–H and O–H groups in total. The largest absolute Gasteiger partial charge is 0.376 e. The van der Waals surface area contributed by atoms with Crippen LogP contribution < -0.4 is 10.2 Å². The number of hydrogen-bond donors (Lipinski definition) is 1. The first-order valence-corrected chi connectivity index (χ1v) is 13.0. The van der Waals surface area contributed by atoms with Crippen molar-refractivity contribution >= 4 is 17.5 Å². The molecule has 2 aromatic rings. The summed E-state index contributed by atoms with van der Waals surface area (Å²) in [5.41, 5.74) is 6.04. The summed E-state index contributed by atoms with van der Waals surface area (Å²) in [7, 11) is 0. The number of carbonyl (C=O) groups excluding carboxylic acids is 1. The lowest BCUT2D eigenvalue weighted by Gasteiger charge is -2.41. The summed E-state index contributed by atoms with van der Waals surface area (Å²) < 4.78 is 5.81. The lowest BCUT2D eigenvalue weighted by atomic mass is 9.82. The second-order valence-electron chi connectivity index (χ2n) is 10.1. The van der Waals surface area contributed by atoms with Gasteiger partial charge in [-0.05, 0) is 50.3 Å². The highest BCUT2D eigenvalue weighted by molar-refractivity contribution is 5.90. The van der Waals surface area contributed by atoms with Crippen LogP contribution in [0.4, 0.5) is 16.3 Å². The molecule has 0 radical (unpaired) electrons. The highest BCUT2D eigenvalue weighted by Gasteiger charge is 2.33. The van der Waals surface area contributed by atoms with Crippen molar-refractivity contribution in [3.63, 3.8) is 0 Å². The smallest absolute Gasteiger partial charge is 0.322 e.